The van der Waals surface area contributed by atoms with Crippen molar-refractivity contribution in [3.05, 3.63) is 18.2 Å². The molecule has 118 valence electrons. The average Bonchev–Trinajstić information content (AvgIpc) is 2.88. The Labute approximate surface area is 125 Å². The Hall–Kier alpha value is -1.31. The summed E-state index contributed by atoms with van der Waals surface area (Å²) in [6.45, 7) is 2.20. The normalized spacial score (nSPS) is 22.4. The lowest BCUT2D eigenvalue weighted by molar-refractivity contribution is 0.107. The second kappa shape index (κ2) is 6.64. The minimum absolute atomic E-state index is 0.0882. The van der Waals surface area contributed by atoms with Crippen molar-refractivity contribution in [2.45, 2.75) is 43.2 Å². The largest absolute Gasteiger partial charge is 0.492 e. The van der Waals surface area contributed by atoms with Gasteiger partial charge >= 0.3 is 0 Å². The molecule has 0 bridgehead atoms. The Bertz CT molecular complexity index is 589. The number of hydrogen-bond acceptors (Lipinski definition) is 5. The van der Waals surface area contributed by atoms with Crippen molar-refractivity contribution >= 4 is 15.7 Å². The molecule has 3 N–H and O–H groups in total. The molecule has 0 radical (unpaired) electrons. The standard InChI is InChI=1S/C14H22N2O4S/c1-3-20-13-7-4-10(15)8-14(13)21(17,18)16-11-5-6-12(9-11)19-2/h4,7-8,11-12,16H,3,5-6,9,15H2,1-2H3. The number of nitrogens with two attached hydrogens (primary N) is 1. The van der Waals surface area contributed by atoms with Gasteiger partial charge in [-0.25, -0.2) is 13.1 Å². The van der Waals surface area contributed by atoms with Crippen LogP contribution in [0.4, 0.5) is 5.69 Å². The number of anilines is 1. The highest BCUT2D eigenvalue weighted by molar-refractivity contribution is 7.89. The third-order valence-electron chi connectivity index (χ3n) is 3.60. The molecule has 1 saturated carbocycles. The zero-order valence-corrected chi connectivity index (χ0v) is 13.2. The second-order valence-corrected chi connectivity index (χ2v) is 6.81. The van der Waals surface area contributed by atoms with Crippen molar-refractivity contribution in [1.29, 1.82) is 0 Å². The maximum atomic E-state index is 12.5. The van der Waals surface area contributed by atoms with Crippen LogP contribution in [0.3, 0.4) is 0 Å². The van der Waals surface area contributed by atoms with Crippen LogP contribution in [0.5, 0.6) is 5.75 Å². The van der Waals surface area contributed by atoms with Crippen LogP contribution in [0.25, 0.3) is 0 Å². The summed E-state index contributed by atoms with van der Waals surface area (Å²) >= 11 is 0. The molecule has 7 heteroatoms. The summed E-state index contributed by atoms with van der Waals surface area (Å²) in [5.74, 6) is 0.320. The van der Waals surface area contributed by atoms with Gasteiger partial charge in [0.25, 0.3) is 0 Å². The van der Waals surface area contributed by atoms with Crippen LogP contribution in [0, 0.1) is 0 Å². The van der Waals surface area contributed by atoms with Crippen molar-refractivity contribution in [3.63, 3.8) is 0 Å². The van der Waals surface area contributed by atoms with Crippen molar-refractivity contribution in [2.75, 3.05) is 19.5 Å². The lowest BCUT2D eigenvalue weighted by Crippen LogP contribution is -2.33. The van der Waals surface area contributed by atoms with Crippen LogP contribution in [0.2, 0.25) is 0 Å². The molecule has 0 aliphatic heterocycles. The van der Waals surface area contributed by atoms with Crippen LogP contribution >= 0.6 is 0 Å². The van der Waals surface area contributed by atoms with Gasteiger partial charge in [-0.15, -0.1) is 0 Å². The number of benzene rings is 1. The van der Waals surface area contributed by atoms with Gasteiger partial charge in [-0.05, 0) is 44.4 Å². The van der Waals surface area contributed by atoms with E-state index in [4.69, 9.17) is 15.2 Å². The molecule has 1 fully saturated rings. The van der Waals surface area contributed by atoms with E-state index < -0.39 is 10.0 Å². The van der Waals surface area contributed by atoms with E-state index >= 15 is 0 Å². The van der Waals surface area contributed by atoms with Gasteiger partial charge in [-0.3, -0.25) is 0 Å². The summed E-state index contributed by atoms with van der Waals surface area (Å²) in [7, 11) is -2.02. The fourth-order valence-electron chi connectivity index (χ4n) is 2.55. The number of hydrogen-bond donors (Lipinski definition) is 2. The predicted molar refractivity (Wildman–Crippen MR) is 80.8 cm³/mol. The Kier molecular flexibility index (Phi) is 5.08. The van der Waals surface area contributed by atoms with Crippen molar-refractivity contribution in [3.8, 4) is 5.75 Å². The van der Waals surface area contributed by atoms with E-state index in [-0.39, 0.29) is 17.0 Å². The van der Waals surface area contributed by atoms with Gasteiger partial charge in [-0.1, -0.05) is 0 Å². The zero-order chi connectivity index (χ0) is 15.5. The molecule has 2 rings (SSSR count). The van der Waals surface area contributed by atoms with Gasteiger partial charge < -0.3 is 15.2 Å². The molecule has 0 spiro atoms. The van der Waals surface area contributed by atoms with Gasteiger partial charge in [0.15, 0.2) is 0 Å². The maximum absolute atomic E-state index is 12.5. The average molecular weight is 314 g/mol. The van der Waals surface area contributed by atoms with Crippen LogP contribution in [-0.4, -0.2) is 34.3 Å². The summed E-state index contributed by atoms with van der Waals surface area (Å²) in [5.41, 5.74) is 6.09. The third kappa shape index (κ3) is 3.87. The molecule has 0 saturated heterocycles. The first kappa shape index (κ1) is 16.1. The Balaban J connectivity index is 2.21. The molecule has 6 nitrogen and oxygen atoms in total. The molecule has 1 aliphatic rings. The summed E-state index contributed by atoms with van der Waals surface area (Å²) in [5, 5.41) is 0. The van der Waals surface area contributed by atoms with E-state index in [1.165, 1.54) is 6.07 Å². The predicted octanol–water partition coefficient (Wildman–Crippen LogP) is 1.51. The van der Waals surface area contributed by atoms with Gasteiger partial charge in [0.2, 0.25) is 10.0 Å². The van der Waals surface area contributed by atoms with E-state index in [9.17, 15) is 8.42 Å². The molecule has 0 aromatic heterocycles. The molecule has 1 aromatic rings. The van der Waals surface area contributed by atoms with Crippen LogP contribution in [0.1, 0.15) is 26.2 Å². The zero-order valence-electron chi connectivity index (χ0n) is 12.3. The lowest BCUT2D eigenvalue weighted by Gasteiger charge is -2.16. The smallest absolute Gasteiger partial charge is 0.244 e. The second-order valence-electron chi connectivity index (χ2n) is 5.13. The number of rotatable bonds is 6. The quantitative estimate of drug-likeness (QED) is 0.777. The van der Waals surface area contributed by atoms with Gasteiger partial charge in [0, 0.05) is 18.8 Å². The highest BCUT2D eigenvalue weighted by Crippen LogP contribution is 2.28. The monoisotopic (exact) mass is 314 g/mol. The van der Waals surface area contributed by atoms with Crippen LogP contribution in [0.15, 0.2) is 23.1 Å². The van der Waals surface area contributed by atoms with E-state index in [2.05, 4.69) is 4.72 Å². The summed E-state index contributed by atoms with van der Waals surface area (Å²) in [6, 6.07) is 4.52. The molecule has 1 aromatic carbocycles. The topological polar surface area (TPSA) is 90.7 Å². The van der Waals surface area contributed by atoms with Gasteiger partial charge in [0.05, 0.1) is 12.7 Å². The first-order valence-electron chi connectivity index (χ1n) is 7.03. The van der Waals surface area contributed by atoms with Gasteiger partial charge in [0.1, 0.15) is 10.6 Å². The highest BCUT2D eigenvalue weighted by Gasteiger charge is 2.30. The van der Waals surface area contributed by atoms with Gasteiger partial charge in [-0.2, -0.15) is 0 Å². The maximum Gasteiger partial charge on any atom is 0.244 e. The van der Waals surface area contributed by atoms with E-state index in [0.717, 1.165) is 12.8 Å². The Morgan fingerprint density at radius 2 is 2.14 bits per heavy atom. The van der Waals surface area contributed by atoms with Crippen LogP contribution in [-0.2, 0) is 14.8 Å². The molecule has 0 heterocycles. The molecular weight excluding hydrogens is 292 g/mol. The minimum atomic E-state index is -3.66. The Morgan fingerprint density at radius 1 is 1.38 bits per heavy atom. The molecule has 0 amide bonds. The van der Waals surface area contributed by atoms with E-state index in [1.807, 2.05) is 0 Å². The molecule has 21 heavy (non-hydrogen) atoms. The van der Waals surface area contributed by atoms with Crippen molar-refractivity contribution in [1.82, 2.24) is 4.72 Å². The van der Waals surface area contributed by atoms with Crippen molar-refractivity contribution in [2.24, 2.45) is 0 Å². The summed E-state index contributed by atoms with van der Waals surface area (Å²) in [4.78, 5) is 0.0882. The third-order valence-corrected chi connectivity index (χ3v) is 5.14. The van der Waals surface area contributed by atoms with E-state index in [0.29, 0.717) is 24.5 Å². The van der Waals surface area contributed by atoms with Crippen molar-refractivity contribution < 1.29 is 17.9 Å². The Morgan fingerprint density at radius 3 is 2.76 bits per heavy atom. The number of methoxy groups -OCH3 is 1. The number of sulfonamides is 1. The highest BCUT2D eigenvalue weighted by atomic mass is 32.2. The first-order valence-corrected chi connectivity index (χ1v) is 8.52. The summed E-state index contributed by atoms with van der Waals surface area (Å²) in [6.07, 6.45) is 2.43. The van der Waals surface area contributed by atoms with E-state index in [1.54, 1.807) is 26.2 Å². The molecule has 2 unspecified atom stereocenters. The lowest BCUT2D eigenvalue weighted by atomic mass is 10.3. The molecular formula is C14H22N2O4S. The number of nitrogen functional groups attached to an aromatic ring is 1. The minimum Gasteiger partial charge on any atom is -0.492 e. The molecule has 2 atom stereocenters. The SMILES string of the molecule is CCOc1ccc(N)cc1S(=O)(=O)NC1CCC(OC)C1. The fraction of sp³-hybridized carbons (Fsp3) is 0.571. The molecule has 1 aliphatic carbocycles. The fourth-order valence-corrected chi connectivity index (χ4v) is 4.02. The van der Waals surface area contributed by atoms with Crippen LogP contribution < -0.4 is 15.2 Å². The first-order chi connectivity index (χ1) is 9.96. The number of ether oxygens (including phenoxy) is 2. The summed E-state index contributed by atoms with van der Waals surface area (Å²) < 4.78 is 38.5. The number of nitrogens with one attached hydrogen (secondary N) is 1.